The largest absolute Gasteiger partial charge is 0.323 e. The molecule has 2 aromatic heterocycles. The molecule has 1 aliphatic rings. The number of nitrogens with one attached hydrogen (secondary N) is 2. The number of carbonyl (C=O) groups excluding carboxylic acids is 1. The van der Waals surface area contributed by atoms with E-state index in [1.807, 2.05) is 24.4 Å². The Kier molecular flexibility index (Phi) is 4.25. The van der Waals surface area contributed by atoms with Gasteiger partial charge in [-0.2, -0.15) is 5.10 Å². The molecule has 0 radical (unpaired) electrons. The molecule has 0 bridgehead atoms. The number of anilines is 1. The second kappa shape index (κ2) is 6.49. The molecule has 3 rings (SSSR count). The molecule has 21 heavy (non-hydrogen) atoms. The van der Waals surface area contributed by atoms with Crippen LogP contribution in [0.1, 0.15) is 19.3 Å². The number of aromatic nitrogens is 3. The average Bonchev–Trinajstić information content (AvgIpc) is 3.19. The third kappa shape index (κ3) is 3.46. The summed E-state index contributed by atoms with van der Waals surface area (Å²) in [6, 6.07) is 5.48. The van der Waals surface area contributed by atoms with Crippen LogP contribution in [0.25, 0.3) is 5.82 Å². The molecule has 0 saturated carbocycles. The number of pyridine rings is 1. The van der Waals surface area contributed by atoms with E-state index in [1.54, 1.807) is 17.1 Å². The number of nitrogens with zero attached hydrogens (tertiary/aromatic N) is 3. The summed E-state index contributed by atoms with van der Waals surface area (Å²) in [5.41, 5.74) is 0.691. The minimum absolute atomic E-state index is 0.0308. The van der Waals surface area contributed by atoms with Crippen LogP contribution >= 0.6 is 0 Å². The third-order valence-corrected chi connectivity index (χ3v) is 3.72. The summed E-state index contributed by atoms with van der Waals surface area (Å²) < 4.78 is 1.65. The quantitative estimate of drug-likeness (QED) is 0.875. The first kappa shape index (κ1) is 13.8. The molecule has 1 unspecified atom stereocenters. The van der Waals surface area contributed by atoms with E-state index >= 15 is 0 Å². The minimum Gasteiger partial charge on any atom is -0.323 e. The lowest BCUT2D eigenvalue weighted by molar-refractivity contribution is -0.116. The summed E-state index contributed by atoms with van der Waals surface area (Å²) >= 11 is 0. The lowest BCUT2D eigenvalue weighted by Crippen LogP contribution is -2.16. The van der Waals surface area contributed by atoms with Crippen molar-refractivity contribution in [3.8, 4) is 5.82 Å². The first-order valence-electron chi connectivity index (χ1n) is 7.28. The lowest BCUT2D eigenvalue weighted by Gasteiger charge is -2.11. The van der Waals surface area contributed by atoms with Gasteiger partial charge in [0.25, 0.3) is 0 Å². The van der Waals surface area contributed by atoms with Crippen LogP contribution in [0.4, 0.5) is 5.69 Å². The van der Waals surface area contributed by atoms with Crippen molar-refractivity contribution in [2.24, 2.45) is 5.92 Å². The Labute approximate surface area is 123 Å². The summed E-state index contributed by atoms with van der Waals surface area (Å²) in [6.07, 6.45) is 7.82. The fraction of sp³-hybridized carbons (Fsp3) is 0.400. The van der Waals surface area contributed by atoms with Crippen LogP contribution in [0, 0.1) is 5.92 Å². The van der Waals surface area contributed by atoms with Crippen LogP contribution in [0.3, 0.4) is 0 Å². The number of carbonyl (C=O) groups is 1. The van der Waals surface area contributed by atoms with Crippen LogP contribution in [0.2, 0.25) is 0 Å². The summed E-state index contributed by atoms with van der Waals surface area (Å²) in [5, 5.41) is 10.4. The van der Waals surface area contributed by atoms with E-state index in [2.05, 4.69) is 20.7 Å². The fourth-order valence-corrected chi connectivity index (χ4v) is 2.58. The maximum Gasteiger partial charge on any atom is 0.224 e. The monoisotopic (exact) mass is 285 g/mol. The van der Waals surface area contributed by atoms with Gasteiger partial charge in [-0.1, -0.05) is 0 Å². The predicted octanol–water partition coefficient (Wildman–Crippen LogP) is 1.60. The molecule has 1 fully saturated rings. The second-order valence-corrected chi connectivity index (χ2v) is 5.27. The first-order chi connectivity index (χ1) is 10.3. The highest BCUT2D eigenvalue weighted by Crippen LogP contribution is 2.18. The number of hydrogen-bond acceptors (Lipinski definition) is 4. The summed E-state index contributed by atoms with van der Waals surface area (Å²) in [5.74, 6) is 1.29. The smallest absolute Gasteiger partial charge is 0.224 e. The Balaban J connectivity index is 1.63. The maximum atomic E-state index is 12.1. The molecule has 6 heteroatoms. The van der Waals surface area contributed by atoms with Crippen molar-refractivity contribution in [1.82, 2.24) is 20.1 Å². The van der Waals surface area contributed by atoms with Gasteiger partial charge in [-0.3, -0.25) is 4.79 Å². The highest BCUT2D eigenvalue weighted by Gasteiger charge is 2.16. The zero-order valence-electron chi connectivity index (χ0n) is 11.8. The fourth-order valence-electron chi connectivity index (χ4n) is 2.58. The molecule has 0 aromatic carbocycles. The van der Waals surface area contributed by atoms with Crippen molar-refractivity contribution in [3.63, 3.8) is 0 Å². The zero-order valence-corrected chi connectivity index (χ0v) is 11.8. The Morgan fingerprint density at radius 2 is 2.38 bits per heavy atom. The van der Waals surface area contributed by atoms with Crippen LogP contribution in [0.5, 0.6) is 0 Å². The van der Waals surface area contributed by atoms with E-state index in [0.717, 1.165) is 19.5 Å². The van der Waals surface area contributed by atoms with Gasteiger partial charge in [0.15, 0.2) is 5.82 Å². The Morgan fingerprint density at radius 1 is 1.43 bits per heavy atom. The molecule has 0 aliphatic carbocycles. The number of amides is 1. The standard InChI is InChI=1S/C15H19N5O/c21-14(5-4-12-6-9-16-11-12)19-13-3-1-7-17-15(13)20-10-2-8-18-20/h1-3,7-8,10,12,16H,4-6,9,11H2,(H,19,21). The van der Waals surface area contributed by atoms with Crippen LogP contribution in [0.15, 0.2) is 36.8 Å². The molecule has 1 aliphatic heterocycles. The van der Waals surface area contributed by atoms with Crippen molar-refractivity contribution in [2.75, 3.05) is 18.4 Å². The molecule has 3 heterocycles. The van der Waals surface area contributed by atoms with E-state index in [-0.39, 0.29) is 5.91 Å². The van der Waals surface area contributed by atoms with Gasteiger partial charge >= 0.3 is 0 Å². The highest BCUT2D eigenvalue weighted by atomic mass is 16.1. The summed E-state index contributed by atoms with van der Waals surface area (Å²) in [7, 11) is 0. The van der Waals surface area contributed by atoms with Gasteiger partial charge in [-0.25, -0.2) is 9.67 Å². The van der Waals surface area contributed by atoms with Crippen molar-refractivity contribution < 1.29 is 4.79 Å². The van der Waals surface area contributed by atoms with E-state index in [4.69, 9.17) is 0 Å². The van der Waals surface area contributed by atoms with E-state index in [9.17, 15) is 4.79 Å². The summed E-state index contributed by atoms with van der Waals surface area (Å²) in [4.78, 5) is 16.4. The van der Waals surface area contributed by atoms with E-state index < -0.39 is 0 Å². The minimum atomic E-state index is 0.0308. The van der Waals surface area contributed by atoms with Crippen molar-refractivity contribution in [3.05, 3.63) is 36.8 Å². The van der Waals surface area contributed by atoms with Crippen LogP contribution in [-0.2, 0) is 4.79 Å². The number of rotatable bonds is 5. The highest BCUT2D eigenvalue weighted by molar-refractivity contribution is 5.92. The molecule has 2 aromatic rings. The normalized spacial score (nSPS) is 17.8. The molecular formula is C15H19N5O. The van der Waals surface area contributed by atoms with E-state index in [1.165, 1.54) is 6.42 Å². The molecular weight excluding hydrogens is 266 g/mol. The van der Waals surface area contributed by atoms with Crippen molar-refractivity contribution in [2.45, 2.75) is 19.3 Å². The zero-order chi connectivity index (χ0) is 14.5. The third-order valence-electron chi connectivity index (χ3n) is 3.72. The van der Waals surface area contributed by atoms with Crippen LogP contribution in [-0.4, -0.2) is 33.8 Å². The molecule has 1 atom stereocenters. The Bertz CT molecular complexity index is 590. The average molecular weight is 285 g/mol. The first-order valence-corrected chi connectivity index (χ1v) is 7.28. The molecule has 1 amide bonds. The van der Waals surface area contributed by atoms with E-state index in [0.29, 0.717) is 23.8 Å². The Hall–Kier alpha value is -2.21. The topological polar surface area (TPSA) is 71.8 Å². The molecule has 6 nitrogen and oxygen atoms in total. The maximum absolute atomic E-state index is 12.1. The van der Waals surface area contributed by atoms with Crippen LogP contribution < -0.4 is 10.6 Å². The predicted molar refractivity (Wildman–Crippen MR) is 80.2 cm³/mol. The molecule has 2 N–H and O–H groups in total. The van der Waals surface area contributed by atoms with Gasteiger partial charge in [-0.05, 0) is 50.0 Å². The molecule has 0 spiro atoms. The number of hydrogen-bond donors (Lipinski definition) is 2. The molecule has 110 valence electrons. The van der Waals surface area contributed by atoms with Crippen molar-refractivity contribution in [1.29, 1.82) is 0 Å². The van der Waals surface area contributed by atoms with Gasteiger partial charge in [-0.15, -0.1) is 0 Å². The Morgan fingerprint density at radius 3 is 3.14 bits per heavy atom. The second-order valence-electron chi connectivity index (χ2n) is 5.27. The van der Waals surface area contributed by atoms with Crippen molar-refractivity contribution >= 4 is 11.6 Å². The summed E-state index contributed by atoms with van der Waals surface area (Å²) in [6.45, 7) is 2.09. The van der Waals surface area contributed by atoms with Gasteiger partial charge in [0.1, 0.15) is 0 Å². The van der Waals surface area contributed by atoms with Gasteiger partial charge < -0.3 is 10.6 Å². The molecule has 1 saturated heterocycles. The SMILES string of the molecule is O=C(CCC1CCNC1)Nc1cccnc1-n1cccn1. The van der Waals surface area contributed by atoms with Gasteiger partial charge in [0.05, 0.1) is 5.69 Å². The van der Waals surface area contributed by atoms with Gasteiger partial charge in [0.2, 0.25) is 5.91 Å². The van der Waals surface area contributed by atoms with Gasteiger partial charge in [0, 0.05) is 25.0 Å². The lowest BCUT2D eigenvalue weighted by atomic mass is 10.0.